The van der Waals surface area contributed by atoms with Crippen molar-refractivity contribution in [1.82, 2.24) is 10.3 Å². The maximum Gasteiger partial charge on any atom is 0.271 e. The van der Waals surface area contributed by atoms with Gasteiger partial charge in [0.25, 0.3) is 5.91 Å². The van der Waals surface area contributed by atoms with Crippen molar-refractivity contribution >= 4 is 5.91 Å². The summed E-state index contributed by atoms with van der Waals surface area (Å²) < 4.78 is 5.34. The third-order valence-corrected chi connectivity index (χ3v) is 2.19. The van der Waals surface area contributed by atoms with Gasteiger partial charge in [0.2, 0.25) is 0 Å². The van der Waals surface area contributed by atoms with E-state index in [2.05, 4.69) is 22.1 Å². The number of carbonyl (C=O) groups excluding carboxylic acids is 1. The van der Waals surface area contributed by atoms with Crippen LogP contribution in [-0.4, -0.2) is 36.7 Å². The number of rotatable bonds is 5. The molecule has 1 rings (SSSR count). The van der Waals surface area contributed by atoms with Crippen molar-refractivity contribution in [3.05, 3.63) is 29.6 Å². The Kier molecular flexibility index (Phi) is 6.58. The lowest BCUT2D eigenvalue weighted by Gasteiger charge is -2.09. The van der Waals surface area contributed by atoms with Gasteiger partial charge in [0.05, 0.1) is 24.8 Å². The minimum atomic E-state index is -0.255. The van der Waals surface area contributed by atoms with Gasteiger partial charge in [0.1, 0.15) is 5.69 Å². The largest absolute Gasteiger partial charge is 0.377 e. The molecule has 0 aliphatic carbocycles. The maximum absolute atomic E-state index is 11.9. The number of pyridine rings is 1. The van der Waals surface area contributed by atoms with Crippen molar-refractivity contribution in [2.24, 2.45) is 5.73 Å². The maximum atomic E-state index is 11.9. The Balaban J connectivity index is 2.61. The van der Waals surface area contributed by atoms with Crippen molar-refractivity contribution < 1.29 is 9.53 Å². The molecule has 0 aliphatic rings. The number of hydrogen-bond acceptors (Lipinski definition) is 4. The molecule has 0 aromatic carbocycles. The van der Waals surface area contributed by atoms with Crippen LogP contribution < -0.4 is 11.1 Å². The monoisotopic (exact) mass is 261 g/mol. The fraction of sp³-hybridized carbons (Fsp3) is 0.429. The zero-order valence-electron chi connectivity index (χ0n) is 11.3. The van der Waals surface area contributed by atoms with Crippen molar-refractivity contribution in [3.8, 4) is 11.8 Å². The molecule has 0 atom stereocenters. The van der Waals surface area contributed by atoms with E-state index in [0.717, 1.165) is 0 Å². The molecular formula is C14H19N3O2. The van der Waals surface area contributed by atoms with E-state index >= 15 is 0 Å². The summed E-state index contributed by atoms with van der Waals surface area (Å²) in [5.41, 5.74) is 6.21. The molecule has 0 aliphatic heterocycles. The zero-order valence-corrected chi connectivity index (χ0v) is 11.3. The van der Waals surface area contributed by atoms with Gasteiger partial charge in [-0.3, -0.25) is 4.79 Å². The topological polar surface area (TPSA) is 77.2 Å². The van der Waals surface area contributed by atoms with Crippen LogP contribution in [0.25, 0.3) is 0 Å². The fourth-order valence-electron chi connectivity index (χ4n) is 1.38. The zero-order chi connectivity index (χ0) is 14.1. The van der Waals surface area contributed by atoms with Crippen LogP contribution in [0.1, 0.15) is 29.9 Å². The lowest BCUT2D eigenvalue weighted by Crippen LogP contribution is -2.29. The Morgan fingerprint density at radius 1 is 1.58 bits per heavy atom. The molecule has 3 N–H and O–H groups in total. The van der Waals surface area contributed by atoms with Crippen LogP contribution in [0.5, 0.6) is 0 Å². The van der Waals surface area contributed by atoms with Gasteiger partial charge in [0.15, 0.2) is 0 Å². The Bertz CT molecular complexity index is 475. The molecule has 0 fully saturated rings. The average molecular weight is 261 g/mol. The number of hydrogen-bond donors (Lipinski definition) is 2. The summed E-state index contributed by atoms with van der Waals surface area (Å²) in [5, 5.41) is 2.75. The lowest BCUT2D eigenvalue weighted by atomic mass is 10.2. The second-order valence-corrected chi connectivity index (χ2v) is 4.08. The van der Waals surface area contributed by atoms with Crippen molar-refractivity contribution in [3.63, 3.8) is 0 Å². The highest BCUT2D eigenvalue weighted by Gasteiger charge is 2.10. The lowest BCUT2D eigenvalue weighted by molar-refractivity contribution is 0.0745. The molecule has 1 amide bonds. The summed E-state index contributed by atoms with van der Waals surface area (Å²) in [5.74, 6) is 5.29. The number of ether oxygens (including phenoxy) is 1. The van der Waals surface area contributed by atoms with Crippen LogP contribution in [0.15, 0.2) is 18.3 Å². The summed E-state index contributed by atoms with van der Waals surface area (Å²) in [7, 11) is 0. The van der Waals surface area contributed by atoms with Gasteiger partial charge in [0, 0.05) is 12.7 Å². The highest BCUT2D eigenvalue weighted by Crippen LogP contribution is 2.03. The predicted octanol–water partition coefficient (Wildman–Crippen LogP) is 0.547. The molecule has 0 bridgehead atoms. The van der Waals surface area contributed by atoms with Crippen LogP contribution in [0.3, 0.4) is 0 Å². The van der Waals surface area contributed by atoms with Gasteiger partial charge >= 0.3 is 0 Å². The molecule has 5 heteroatoms. The first kappa shape index (κ1) is 15.2. The molecule has 1 heterocycles. The Hall–Kier alpha value is -1.90. The number of carbonyl (C=O) groups is 1. The van der Waals surface area contributed by atoms with Crippen LogP contribution in [0, 0.1) is 11.8 Å². The molecule has 0 unspecified atom stereocenters. The molecule has 0 radical (unpaired) electrons. The standard InChI is InChI=1S/C14H19N3O2/c1-11(2)19-10-9-17-14(18)13-12(5-3-7-15)6-4-8-16-13/h4,6,8,11H,7,9-10,15H2,1-2H3,(H,17,18). The Morgan fingerprint density at radius 3 is 3.05 bits per heavy atom. The fourth-order valence-corrected chi connectivity index (χ4v) is 1.38. The van der Waals surface area contributed by atoms with Crippen LogP contribution in [0.2, 0.25) is 0 Å². The van der Waals surface area contributed by atoms with Gasteiger partial charge in [-0.05, 0) is 26.0 Å². The normalized spacial score (nSPS) is 9.89. The average Bonchev–Trinajstić information content (AvgIpc) is 2.41. The van der Waals surface area contributed by atoms with Crippen LogP contribution in [-0.2, 0) is 4.74 Å². The molecule has 1 aromatic rings. The first-order valence-corrected chi connectivity index (χ1v) is 6.19. The number of aromatic nitrogens is 1. The van der Waals surface area contributed by atoms with Gasteiger partial charge in [-0.1, -0.05) is 11.8 Å². The van der Waals surface area contributed by atoms with Crippen molar-refractivity contribution in [2.45, 2.75) is 20.0 Å². The quantitative estimate of drug-likeness (QED) is 0.599. The smallest absolute Gasteiger partial charge is 0.271 e. The summed E-state index contributed by atoms with van der Waals surface area (Å²) in [4.78, 5) is 16.0. The Labute approximate surface area is 113 Å². The first-order chi connectivity index (χ1) is 9.15. The van der Waals surface area contributed by atoms with E-state index in [1.807, 2.05) is 13.8 Å². The number of nitrogens with one attached hydrogen (secondary N) is 1. The van der Waals surface area contributed by atoms with Gasteiger partial charge < -0.3 is 15.8 Å². The van der Waals surface area contributed by atoms with Crippen molar-refractivity contribution in [1.29, 1.82) is 0 Å². The van der Waals surface area contributed by atoms with E-state index in [4.69, 9.17) is 10.5 Å². The van der Waals surface area contributed by atoms with E-state index in [1.54, 1.807) is 18.3 Å². The summed E-state index contributed by atoms with van der Waals surface area (Å²) in [6, 6.07) is 3.48. The van der Waals surface area contributed by atoms with Crippen LogP contribution >= 0.6 is 0 Å². The van der Waals surface area contributed by atoms with Gasteiger partial charge in [-0.2, -0.15) is 0 Å². The van der Waals surface area contributed by atoms with E-state index in [-0.39, 0.29) is 18.6 Å². The summed E-state index contributed by atoms with van der Waals surface area (Å²) >= 11 is 0. The van der Waals surface area contributed by atoms with E-state index in [1.165, 1.54) is 0 Å². The number of nitrogens with zero attached hydrogens (tertiary/aromatic N) is 1. The molecule has 5 nitrogen and oxygen atoms in total. The molecule has 19 heavy (non-hydrogen) atoms. The van der Waals surface area contributed by atoms with E-state index in [0.29, 0.717) is 24.4 Å². The Morgan fingerprint density at radius 2 is 2.37 bits per heavy atom. The minimum Gasteiger partial charge on any atom is -0.377 e. The van der Waals surface area contributed by atoms with Gasteiger partial charge in [-0.15, -0.1) is 0 Å². The van der Waals surface area contributed by atoms with Crippen molar-refractivity contribution in [2.75, 3.05) is 19.7 Å². The van der Waals surface area contributed by atoms with E-state index < -0.39 is 0 Å². The number of nitrogens with two attached hydrogens (primary N) is 1. The van der Waals surface area contributed by atoms with Gasteiger partial charge in [-0.25, -0.2) is 4.98 Å². The molecule has 102 valence electrons. The molecule has 0 saturated heterocycles. The summed E-state index contributed by atoms with van der Waals surface area (Å²) in [6.07, 6.45) is 1.71. The molecule has 1 aromatic heterocycles. The third-order valence-electron chi connectivity index (χ3n) is 2.19. The van der Waals surface area contributed by atoms with E-state index in [9.17, 15) is 4.79 Å². The third kappa shape index (κ3) is 5.51. The SMILES string of the molecule is CC(C)OCCNC(=O)c1ncccc1C#CCN. The highest BCUT2D eigenvalue weighted by atomic mass is 16.5. The predicted molar refractivity (Wildman–Crippen MR) is 73.6 cm³/mol. The minimum absolute atomic E-state index is 0.151. The molecule has 0 spiro atoms. The molecular weight excluding hydrogens is 242 g/mol. The highest BCUT2D eigenvalue weighted by molar-refractivity contribution is 5.94. The summed E-state index contributed by atoms with van der Waals surface area (Å²) in [6.45, 7) is 5.05. The second kappa shape index (κ2) is 8.25. The molecule has 0 saturated carbocycles. The first-order valence-electron chi connectivity index (χ1n) is 6.19. The van der Waals surface area contributed by atoms with Crippen LogP contribution in [0.4, 0.5) is 0 Å². The second-order valence-electron chi connectivity index (χ2n) is 4.08. The number of amides is 1.